The summed E-state index contributed by atoms with van der Waals surface area (Å²) in [4.78, 5) is 0. The summed E-state index contributed by atoms with van der Waals surface area (Å²) in [6, 6.07) is 6.36. The Morgan fingerprint density at radius 2 is 1.85 bits per heavy atom. The Labute approximate surface area is 79.6 Å². The molecule has 0 unspecified atom stereocenters. The van der Waals surface area contributed by atoms with Gasteiger partial charge in [-0.25, -0.2) is 5.48 Å². The minimum Gasteiger partial charge on any atom is -0.316 e. The highest BCUT2D eigenvalue weighted by Gasteiger charge is 1.99. The molecule has 0 fully saturated rings. The van der Waals surface area contributed by atoms with Crippen LogP contribution in [0, 0.1) is 0 Å². The van der Waals surface area contributed by atoms with Crippen LogP contribution in [0.25, 0.3) is 0 Å². The van der Waals surface area contributed by atoms with Crippen molar-refractivity contribution in [3.63, 3.8) is 0 Å². The quantitative estimate of drug-likeness (QED) is 0.695. The third-order valence-corrected chi connectivity index (χ3v) is 2.32. The Morgan fingerprint density at radius 1 is 1.15 bits per heavy atom. The molecule has 1 rings (SSSR count). The van der Waals surface area contributed by atoms with Gasteiger partial charge >= 0.3 is 0 Å². The van der Waals surface area contributed by atoms with Crippen LogP contribution in [0.1, 0.15) is 30.5 Å². The first-order valence-corrected chi connectivity index (χ1v) is 4.79. The molecule has 0 aliphatic rings. The van der Waals surface area contributed by atoms with Gasteiger partial charge in [-0.2, -0.15) is 0 Å². The highest BCUT2D eigenvalue weighted by molar-refractivity contribution is 5.32. The highest BCUT2D eigenvalue weighted by Crippen LogP contribution is 2.13. The third-order valence-electron chi connectivity index (χ3n) is 2.32. The molecule has 72 valence electrons. The molecule has 0 atom stereocenters. The second-order valence-corrected chi connectivity index (χ2v) is 3.15. The Kier molecular flexibility index (Phi) is 3.93. The van der Waals surface area contributed by atoms with Gasteiger partial charge in [0.05, 0.1) is 0 Å². The SMILES string of the molecule is CCc1ccc(CNO)cc1CC. The van der Waals surface area contributed by atoms with Crippen molar-refractivity contribution in [2.75, 3.05) is 0 Å². The fourth-order valence-corrected chi connectivity index (χ4v) is 1.55. The zero-order valence-corrected chi connectivity index (χ0v) is 8.30. The maximum atomic E-state index is 8.56. The van der Waals surface area contributed by atoms with Gasteiger partial charge in [0.25, 0.3) is 0 Å². The highest BCUT2D eigenvalue weighted by atomic mass is 16.5. The number of rotatable bonds is 4. The average molecular weight is 179 g/mol. The van der Waals surface area contributed by atoms with Crippen LogP contribution in [-0.2, 0) is 19.4 Å². The van der Waals surface area contributed by atoms with Crippen molar-refractivity contribution in [1.82, 2.24) is 5.48 Å². The lowest BCUT2D eigenvalue weighted by atomic mass is 10.0. The molecule has 0 saturated carbocycles. The predicted octanol–water partition coefficient (Wildman–Crippen LogP) is 2.29. The summed E-state index contributed by atoms with van der Waals surface area (Å²) in [6.45, 7) is 4.85. The zero-order chi connectivity index (χ0) is 9.68. The van der Waals surface area contributed by atoms with Crippen molar-refractivity contribution in [2.24, 2.45) is 0 Å². The summed E-state index contributed by atoms with van der Waals surface area (Å²) in [7, 11) is 0. The molecule has 0 spiro atoms. The summed E-state index contributed by atoms with van der Waals surface area (Å²) in [5.41, 5.74) is 6.10. The Hall–Kier alpha value is -0.860. The lowest BCUT2D eigenvalue weighted by molar-refractivity contribution is 0.161. The van der Waals surface area contributed by atoms with E-state index in [2.05, 4.69) is 37.5 Å². The van der Waals surface area contributed by atoms with Gasteiger partial charge < -0.3 is 5.21 Å². The molecule has 2 nitrogen and oxygen atoms in total. The number of nitrogens with one attached hydrogen (secondary N) is 1. The van der Waals surface area contributed by atoms with Gasteiger partial charge in [-0.3, -0.25) is 0 Å². The first-order valence-electron chi connectivity index (χ1n) is 4.79. The molecule has 0 aliphatic carbocycles. The van der Waals surface area contributed by atoms with Gasteiger partial charge in [-0.15, -0.1) is 0 Å². The zero-order valence-electron chi connectivity index (χ0n) is 8.30. The molecule has 0 saturated heterocycles. The molecule has 13 heavy (non-hydrogen) atoms. The molecule has 0 aliphatic heterocycles. The Morgan fingerprint density at radius 3 is 2.38 bits per heavy atom. The summed E-state index contributed by atoms with van der Waals surface area (Å²) in [5, 5.41) is 8.56. The molecule has 2 heteroatoms. The minimum atomic E-state index is 0.525. The Bertz CT molecular complexity index is 271. The predicted molar refractivity (Wildman–Crippen MR) is 53.8 cm³/mol. The van der Waals surface area contributed by atoms with Crippen LogP contribution in [0.4, 0.5) is 0 Å². The number of aryl methyl sites for hydroxylation is 2. The summed E-state index contributed by atoms with van der Waals surface area (Å²) in [5.74, 6) is 0. The van der Waals surface area contributed by atoms with E-state index in [1.165, 1.54) is 11.1 Å². The van der Waals surface area contributed by atoms with Crippen molar-refractivity contribution < 1.29 is 5.21 Å². The number of benzene rings is 1. The van der Waals surface area contributed by atoms with Crippen LogP contribution < -0.4 is 5.48 Å². The summed E-state index contributed by atoms with van der Waals surface area (Å²) < 4.78 is 0. The van der Waals surface area contributed by atoms with Crippen molar-refractivity contribution in [3.05, 3.63) is 34.9 Å². The smallest absolute Gasteiger partial charge is 0.0458 e. The van der Waals surface area contributed by atoms with Crippen LogP contribution in [0.15, 0.2) is 18.2 Å². The molecule has 1 aromatic rings. The topological polar surface area (TPSA) is 32.3 Å². The van der Waals surface area contributed by atoms with E-state index in [4.69, 9.17) is 5.21 Å². The lowest BCUT2D eigenvalue weighted by Gasteiger charge is -2.07. The second kappa shape index (κ2) is 5.00. The fourth-order valence-electron chi connectivity index (χ4n) is 1.55. The normalized spacial score (nSPS) is 10.4. The molecule has 2 N–H and O–H groups in total. The van der Waals surface area contributed by atoms with E-state index >= 15 is 0 Å². The number of hydrogen-bond acceptors (Lipinski definition) is 2. The molecule has 0 radical (unpaired) electrons. The van der Waals surface area contributed by atoms with Crippen molar-refractivity contribution in [1.29, 1.82) is 0 Å². The van der Waals surface area contributed by atoms with Gasteiger partial charge in [0.1, 0.15) is 0 Å². The maximum absolute atomic E-state index is 8.56. The molecule has 0 aromatic heterocycles. The van der Waals surface area contributed by atoms with Crippen LogP contribution in [0.5, 0.6) is 0 Å². The van der Waals surface area contributed by atoms with Crippen LogP contribution in [-0.4, -0.2) is 5.21 Å². The van der Waals surface area contributed by atoms with Gasteiger partial charge in [-0.05, 0) is 29.5 Å². The van der Waals surface area contributed by atoms with Crippen LogP contribution >= 0.6 is 0 Å². The Balaban J connectivity index is 2.91. The van der Waals surface area contributed by atoms with E-state index < -0.39 is 0 Å². The van der Waals surface area contributed by atoms with Gasteiger partial charge in [0.2, 0.25) is 0 Å². The molecular formula is C11H17NO. The lowest BCUT2D eigenvalue weighted by Crippen LogP contribution is -2.06. The van der Waals surface area contributed by atoms with E-state index in [9.17, 15) is 0 Å². The molecule has 0 bridgehead atoms. The van der Waals surface area contributed by atoms with Crippen LogP contribution in [0.3, 0.4) is 0 Å². The van der Waals surface area contributed by atoms with Crippen molar-refractivity contribution in [2.45, 2.75) is 33.2 Å². The maximum Gasteiger partial charge on any atom is 0.0458 e. The first-order chi connectivity index (χ1) is 6.31. The molecule has 0 amide bonds. The van der Waals surface area contributed by atoms with E-state index in [1.807, 2.05) is 0 Å². The minimum absolute atomic E-state index is 0.525. The fraction of sp³-hybridized carbons (Fsp3) is 0.455. The van der Waals surface area contributed by atoms with Gasteiger partial charge in [0, 0.05) is 6.54 Å². The van der Waals surface area contributed by atoms with Crippen LogP contribution in [0.2, 0.25) is 0 Å². The first kappa shape index (κ1) is 10.2. The number of hydrogen-bond donors (Lipinski definition) is 2. The van der Waals surface area contributed by atoms with E-state index in [0.29, 0.717) is 6.54 Å². The van der Waals surface area contributed by atoms with Crippen molar-refractivity contribution >= 4 is 0 Å². The molecule has 1 aromatic carbocycles. The van der Waals surface area contributed by atoms with Gasteiger partial charge in [-0.1, -0.05) is 32.0 Å². The van der Waals surface area contributed by atoms with E-state index in [0.717, 1.165) is 18.4 Å². The molecular weight excluding hydrogens is 162 g/mol. The monoisotopic (exact) mass is 179 g/mol. The van der Waals surface area contributed by atoms with E-state index in [-0.39, 0.29) is 0 Å². The largest absolute Gasteiger partial charge is 0.316 e. The standard InChI is InChI=1S/C11H17NO/c1-3-10-6-5-9(8-12-13)7-11(10)4-2/h5-7,12-13H,3-4,8H2,1-2H3. The summed E-state index contributed by atoms with van der Waals surface area (Å²) in [6.07, 6.45) is 2.14. The average Bonchev–Trinajstić information content (AvgIpc) is 2.18. The second-order valence-electron chi connectivity index (χ2n) is 3.15. The summed E-state index contributed by atoms with van der Waals surface area (Å²) >= 11 is 0. The van der Waals surface area contributed by atoms with Gasteiger partial charge in [0.15, 0.2) is 0 Å². The number of hydroxylamine groups is 1. The van der Waals surface area contributed by atoms with E-state index in [1.54, 1.807) is 0 Å². The van der Waals surface area contributed by atoms with Crippen molar-refractivity contribution in [3.8, 4) is 0 Å². The third kappa shape index (κ3) is 2.54. The molecule has 0 heterocycles.